The van der Waals surface area contributed by atoms with E-state index in [0.717, 1.165) is 23.9 Å². The molecular formula is C17H14N4. The van der Waals surface area contributed by atoms with E-state index < -0.39 is 0 Å². The highest BCUT2D eigenvalue weighted by molar-refractivity contribution is 5.96. The molecule has 2 unspecified atom stereocenters. The van der Waals surface area contributed by atoms with Crippen LogP contribution < -0.4 is 0 Å². The van der Waals surface area contributed by atoms with Crippen molar-refractivity contribution in [3.63, 3.8) is 0 Å². The van der Waals surface area contributed by atoms with Crippen molar-refractivity contribution in [2.75, 3.05) is 0 Å². The maximum absolute atomic E-state index is 4.74. The van der Waals surface area contributed by atoms with Crippen molar-refractivity contribution in [1.82, 2.24) is 15.1 Å². The molecule has 3 aromatic rings. The van der Waals surface area contributed by atoms with Gasteiger partial charge in [0, 0.05) is 11.6 Å². The van der Waals surface area contributed by atoms with Crippen LogP contribution in [-0.2, 0) is 6.42 Å². The van der Waals surface area contributed by atoms with Gasteiger partial charge in [0.2, 0.25) is 0 Å². The normalized spacial score (nSPS) is 24.9. The molecule has 2 atom stereocenters. The first-order chi connectivity index (χ1) is 10.4. The summed E-state index contributed by atoms with van der Waals surface area (Å²) in [5.41, 5.74) is 6.13. The molecule has 0 saturated heterocycles. The maximum atomic E-state index is 4.74. The molecule has 1 heterocycles. The second kappa shape index (κ2) is 4.01. The summed E-state index contributed by atoms with van der Waals surface area (Å²) in [7, 11) is 0. The molecule has 1 saturated carbocycles. The fourth-order valence-electron chi connectivity index (χ4n) is 3.66. The van der Waals surface area contributed by atoms with Crippen LogP contribution in [0.3, 0.4) is 0 Å². The van der Waals surface area contributed by atoms with Gasteiger partial charge in [-0.25, -0.2) is 0 Å². The van der Waals surface area contributed by atoms with Crippen molar-refractivity contribution in [3.05, 3.63) is 59.7 Å². The molecule has 1 fully saturated rings. The molecule has 5 rings (SSSR count). The highest BCUT2D eigenvalue weighted by Gasteiger charge is 2.44. The van der Waals surface area contributed by atoms with E-state index in [1.54, 1.807) is 4.79 Å². The molecule has 2 aliphatic rings. The molecule has 0 spiro atoms. The van der Waals surface area contributed by atoms with Crippen LogP contribution in [0.15, 0.2) is 53.6 Å². The third kappa shape index (κ3) is 1.53. The van der Waals surface area contributed by atoms with E-state index in [-0.39, 0.29) is 0 Å². The molecule has 4 heteroatoms. The second-order valence-corrected chi connectivity index (χ2v) is 5.88. The molecule has 2 aromatic carbocycles. The van der Waals surface area contributed by atoms with Crippen molar-refractivity contribution in [2.45, 2.75) is 18.8 Å². The Morgan fingerprint density at radius 2 is 1.81 bits per heavy atom. The minimum atomic E-state index is 0.561. The maximum Gasteiger partial charge on any atom is 0.115 e. The monoisotopic (exact) mass is 274 g/mol. The van der Waals surface area contributed by atoms with Crippen LogP contribution >= 0.6 is 0 Å². The third-order valence-corrected chi connectivity index (χ3v) is 4.79. The van der Waals surface area contributed by atoms with Gasteiger partial charge in [0.25, 0.3) is 0 Å². The molecule has 0 aliphatic heterocycles. The SMILES string of the molecule is c1ccc2c(c1)CC1/C(=N/n3nnc4ccccc43)CC21. The topological polar surface area (TPSA) is 43.1 Å². The van der Waals surface area contributed by atoms with Gasteiger partial charge in [-0.2, -0.15) is 5.10 Å². The van der Waals surface area contributed by atoms with Gasteiger partial charge in [-0.05, 0) is 47.2 Å². The highest BCUT2D eigenvalue weighted by Crippen LogP contribution is 2.49. The van der Waals surface area contributed by atoms with E-state index in [1.807, 2.05) is 24.3 Å². The fourth-order valence-corrected chi connectivity index (χ4v) is 3.66. The van der Waals surface area contributed by atoms with E-state index in [9.17, 15) is 0 Å². The van der Waals surface area contributed by atoms with Gasteiger partial charge < -0.3 is 0 Å². The number of rotatable bonds is 1. The lowest BCUT2D eigenvalue weighted by molar-refractivity contribution is 0.495. The number of hydrogen-bond acceptors (Lipinski definition) is 3. The first-order valence-electron chi connectivity index (χ1n) is 7.36. The first-order valence-corrected chi connectivity index (χ1v) is 7.36. The summed E-state index contributed by atoms with van der Waals surface area (Å²) in [5.74, 6) is 1.22. The molecule has 1 aromatic heterocycles. The van der Waals surface area contributed by atoms with Crippen molar-refractivity contribution in [3.8, 4) is 0 Å². The lowest BCUT2D eigenvalue weighted by atomic mass is 9.72. The molecule has 102 valence electrons. The van der Waals surface area contributed by atoms with Crippen LogP contribution in [0, 0.1) is 5.92 Å². The molecule has 0 N–H and O–H groups in total. The number of aromatic nitrogens is 3. The van der Waals surface area contributed by atoms with Crippen molar-refractivity contribution < 1.29 is 0 Å². The Balaban J connectivity index is 1.52. The average Bonchev–Trinajstić information content (AvgIpc) is 3.04. The molecular weight excluding hydrogens is 260 g/mol. The predicted octanol–water partition coefficient (Wildman–Crippen LogP) is 3.00. The molecule has 4 nitrogen and oxygen atoms in total. The lowest BCUT2D eigenvalue weighted by Gasteiger charge is -2.32. The summed E-state index contributed by atoms with van der Waals surface area (Å²) in [6.45, 7) is 0. The van der Waals surface area contributed by atoms with Crippen molar-refractivity contribution >= 4 is 16.7 Å². The van der Waals surface area contributed by atoms with E-state index >= 15 is 0 Å². The van der Waals surface area contributed by atoms with Crippen molar-refractivity contribution in [2.24, 2.45) is 11.0 Å². The van der Waals surface area contributed by atoms with Gasteiger partial charge in [0.05, 0.1) is 0 Å². The average molecular weight is 274 g/mol. The van der Waals surface area contributed by atoms with Gasteiger partial charge >= 0.3 is 0 Å². The summed E-state index contributed by atoms with van der Waals surface area (Å²) in [4.78, 5) is 1.68. The lowest BCUT2D eigenvalue weighted by Crippen LogP contribution is -2.33. The zero-order chi connectivity index (χ0) is 13.8. The number of benzene rings is 2. The number of fused-ring (bicyclic) bond motifs is 4. The second-order valence-electron chi connectivity index (χ2n) is 5.88. The summed E-state index contributed by atoms with van der Waals surface area (Å²) < 4.78 is 0. The summed E-state index contributed by atoms with van der Waals surface area (Å²) in [5, 5.41) is 13.1. The van der Waals surface area contributed by atoms with Gasteiger partial charge in [0.1, 0.15) is 11.0 Å². The Kier molecular flexibility index (Phi) is 2.14. The number of para-hydroxylation sites is 1. The summed E-state index contributed by atoms with van der Waals surface area (Å²) in [6.07, 6.45) is 2.17. The van der Waals surface area contributed by atoms with Gasteiger partial charge in [0.15, 0.2) is 0 Å². The third-order valence-electron chi connectivity index (χ3n) is 4.79. The zero-order valence-electron chi connectivity index (χ0n) is 11.5. The molecule has 2 aliphatic carbocycles. The van der Waals surface area contributed by atoms with Crippen LogP contribution in [0.2, 0.25) is 0 Å². The number of nitrogens with zero attached hydrogens (tertiary/aromatic N) is 4. The molecule has 0 radical (unpaired) electrons. The molecule has 0 bridgehead atoms. The van der Waals surface area contributed by atoms with Crippen molar-refractivity contribution in [1.29, 1.82) is 0 Å². The largest absolute Gasteiger partial charge is 0.158 e. The molecule has 21 heavy (non-hydrogen) atoms. The van der Waals surface area contributed by atoms with E-state index in [0.29, 0.717) is 11.8 Å². The Hall–Kier alpha value is -2.49. The Labute approximate surface area is 122 Å². The van der Waals surface area contributed by atoms with Crippen LogP contribution in [0.25, 0.3) is 11.0 Å². The van der Waals surface area contributed by atoms with Gasteiger partial charge in [-0.15, -0.1) is 9.89 Å². The van der Waals surface area contributed by atoms with Gasteiger partial charge in [-0.1, -0.05) is 36.4 Å². The Morgan fingerprint density at radius 3 is 2.81 bits per heavy atom. The minimum Gasteiger partial charge on any atom is -0.158 e. The quantitative estimate of drug-likeness (QED) is 0.684. The van der Waals surface area contributed by atoms with Crippen LogP contribution in [0.1, 0.15) is 23.5 Å². The smallest absolute Gasteiger partial charge is 0.115 e. The Bertz CT molecular complexity index is 877. The molecule has 0 amide bonds. The minimum absolute atomic E-state index is 0.561. The predicted molar refractivity (Wildman–Crippen MR) is 81.4 cm³/mol. The summed E-state index contributed by atoms with van der Waals surface area (Å²) in [6, 6.07) is 16.7. The standard InChI is InChI=1S/C17H14N4/c1-2-6-12-11(5-1)9-14-13(12)10-16(14)19-21-17-8-4-3-7-15(17)18-20-21/h1-8,13-14H,9-10H2/b19-16+. The van der Waals surface area contributed by atoms with Crippen LogP contribution in [-0.4, -0.2) is 20.8 Å². The number of hydrogen-bond donors (Lipinski definition) is 0. The Morgan fingerprint density at radius 1 is 0.952 bits per heavy atom. The van der Waals surface area contributed by atoms with E-state index in [2.05, 4.69) is 34.6 Å². The summed E-state index contributed by atoms with van der Waals surface area (Å²) >= 11 is 0. The first kappa shape index (κ1) is 11.2. The van der Waals surface area contributed by atoms with Crippen LogP contribution in [0.4, 0.5) is 0 Å². The zero-order valence-corrected chi connectivity index (χ0v) is 11.5. The van der Waals surface area contributed by atoms with Gasteiger partial charge in [-0.3, -0.25) is 0 Å². The van der Waals surface area contributed by atoms with Crippen LogP contribution in [0.5, 0.6) is 0 Å². The van der Waals surface area contributed by atoms with E-state index in [4.69, 9.17) is 5.10 Å². The fraction of sp³-hybridized carbons (Fsp3) is 0.235. The van der Waals surface area contributed by atoms with E-state index in [1.165, 1.54) is 16.8 Å². The highest BCUT2D eigenvalue weighted by atomic mass is 15.6.